The molecular formula is C15H23N7O2S. The quantitative estimate of drug-likeness (QED) is 0.416. The highest BCUT2D eigenvalue weighted by Gasteiger charge is 2.07. The number of carbonyl (C=O) groups is 1. The first kappa shape index (κ1) is 18.8. The number of ether oxygens (including phenoxy) is 1. The highest BCUT2D eigenvalue weighted by atomic mass is 32.1. The van der Waals surface area contributed by atoms with Crippen LogP contribution in [0.5, 0.6) is 0 Å². The molecule has 2 aromatic rings. The predicted octanol–water partition coefficient (Wildman–Crippen LogP) is 0.432. The van der Waals surface area contributed by atoms with Gasteiger partial charge in [-0.25, -0.2) is 9.67 Å². The maximum atomic E-state index is 11.2. The van der Waals surface area contributed by atoms with Gasteiger partial charge in [-0.3, -0.25) is 9.79 Å². The Morgan fingerprint density at radius 3 is 2.84 bits per heavy atom. The minimum Gasteiger partial charge on any atom is -0.468 e. The molecule has 0 saturated carbocycles. The summed E-state index contributed by atoms with van der Waals surface area (Å²) < 4.78 is 6.03. The summed E-state index contributed by atoms with van der Waals surface area (Å²) in [6.07, 6.45) is 2.54. The van der Waals surface area contributed by atoms with Crippen LogP contribution < -0.4 is 10.6 Å². The lowest BCUT2D eigenvalue weighted by Crippen LogP contribution is -2.37. The Hall–Kier alpha value is -2.49. The summed E-state index contributed by atoms with van der Waals surface area (Å²) in [4.78, 5) is 21.2. The summed E-state index contributed by atoms with van der Waals surface area (Å²) in [5, 5.41) is 15.4. The molecule has 0 radical (unpaired) electrons. The van der Waals surface area contributed by atoms with E-state index in [1.54, 1.807) is 24.6 Å². The number of esters is 1. The van der Waals surface area contributed by atoms with Crippen LogP contribution in [-0.2, 0) is 29.0 Å². The summed E-state index contributed by atoms with van der Waals surface area (Å²) in [5.74, 6) is 0.307. The first-order chi connectivity index (χ1) is 12.0. The van der Waals surface area contributed by atoms with Gasteiger partial charge in [-0.05, 0) is 13.8 Å². The number of aryl methyl sites for hydroxylation is 2. The van der Waals surface area contributed by atoms with Crippen molar-refractivity contribution in [3.8, 4) is 0 Å². The van der Waals surface area contributed by atoms with E-state index in [1.807, 2.05) is 6.92 Å². The Labute approximate surface area is 150 Å². The van der Waals surface area contributed by atoms with E-state index in [9.17, 15) is 4.79 Å². The summed E-state index contributed by atoms with van der Waals surface area (Å²) >= 11 is 1.72. The van der Waals surface area contributed by atoms with Crippen molar-refractivity contribution >= 4 is 23.3 Å². The van der Waals surface area contributed by atoms with Gasteiger partial charge in [0.15, 0.2) is 5.96 Å². The topological polar surface area (TPSA) is 106 Å². The number of methoxy groups -OCH3 is 1. The molecule has 0 amide bonds. The largest absolute Gasteiger partial charge is 0.468 e. The molecule has 0 aromatic carbocycles. The number of hydrogen-bond acceptors (Lipinski definition) is 7. The van der Waals surface area contributed by atoms with E-state index in [0.29, 0.717) is 18.2 Å². The highest BCUT2D eigenvalue weighted by molar-refractivity contribution is 7.11. The minimum absolute atomic E-state index is 0.0448. The van der Waals surface area contributed by atoms with Crippen LogP contribution in [0.3, 0.4) is 0 Å². The van der Waals surface area contributed by atoms with E-state index in [2.05, 4.69) is 42.6 Å². The number of guanidine groups is 1. The molecule has 0 aliphatic heterocycles. The normalized spacial score (nSPS) is 11.4. The second kappa shape index (κ2) is 9.11. The zero-order valence-electron chi connectivity index (χ0n) is 14.9. The monoisotopic (exact) mass is 365 g/mol. The fourth-order valence-corrected chi connectivity index (χ4v) is 2.96. The molecular weight excluding hydrogens is 342 g/mol. The van der Waals surface area contributed by atoms with Gasteiger partial charge < -0.3 is 15.4 Å². The van der Waals surface area contributed by atoms with E-state index in [0.717, 1.165) is 23.7 Å². The molecule has 2 rings (SSSR count). The van der Waals surface area contributed by atoms with Crippen LogP contribution in [-0.4, -0.2) is 52.6 Å². The first-order valence-corrected chi connectivity index (χ1v) is 8.66. The average molecular weight is 365 g/mol. The molecule has 25 heavy (non-hydrogen) atoms. The fraction of sp³-hybridized carbons (Fsp3) is 0.533. The van der Waals surface area contributed by atoms with Gasteiger partial charge in [0.25, 0.3) is 0 Å². The molecule has 9 nitrogen and oxygen atoms in total. The number of carbonyl (C=O) groups excluding carboxylic acids is 1. The summed E-state index contributed by atoms with van der Waals surface area (Å²) in [7, 11) is 3.05. The molecule has 2 aromatic heterocycles. The van der Waals surface area contributed by atoms with Crippen molar-refractivity contribution in [3.05, 3.63) is 27.5 Å². The summed E-state index contributed by atoms with van der Waals surface area (Å²) in [6, 6.07) is 0. The molecule has 0 unspecified atom stereocenters. The molecule has 2 N–H and O–H groups in total. The van der Waals surface area contributed by atoms with Gasteiger partial charge in [-0.15, -0.1) is 16.4 Å². The van der Waals surface area contributed by atoms with Crippen molar-refractivity contribution in [1.82, 2.24) is 30.6 Å². The summed E-state index contributed by atoms with van der Waals surface area (Å²) in [6.45, 7) is 5.34. The standard InChI is InChI=1S/C15H23N7O2S/c1-10-11(2)25-13(19-10)5-6-17-15(16-3)18-7-12-8-22(21-20-12)9-14(23)24-4/h8H,5-7,9H2,1-4H3,(H2,16,17,18). The Balaban J connectivity index is 1.75. The van der Waals surface area contributed by atoms with E-state index >= 15 is 0 Å². The van der Waals surface area contributed by atoms with Crippen LogP contribution in [0.2, 0.25) is 0 Å². The van der Waals surface area contributed by atoms with Crippen LogP contribution >= 0.6 is 11.3 Å². The maximum Gasteiger partial charge on any atom is 0.327 e. The van der Waals surface area contributed by atoms with Gasteiger partial charge in [0.1, 0.15) is 12.2 Å². The number of nitrogens with one attached hydrogen (secondary N) is 2. The molecule has 0 bridgehead atoms. The van der Waals surface area contributed by atoms with Gasteiger partial charge >= 0.3 is 5.97 Å². The van der Waals surface area contributed by atoms with Crippen LogP contribution in [0.25, 0.3) is 0 Å². The van der Waals surface area contributed by atoms with Crippen molar-refractivity contribution in [2.75, 3.05) is 20.7 Å². The highest BCUT2D eigenvalue weighted by Crippen LogP contribution is 2.16. The Morgan fingerprint density at radius 2 is 2.20 bits per heavy atom. The third-order valence-electron chi connectivity index (χ3n) is 3.47. The third kappa shape index (κ3) is 5.82. The van der Waals surface area contributed by atoms with Crippen LogP contribution in [0.1, 0.15) is 21.3 Å². The van der Waals surface area contributed by atoms with Crippen LogP contribution in [0, 0.1) is 13.8 Å². The fourth-order valence-electron chi connectivity index (χ4n) is 2.02. The number of nitrogens with zero attached hydrogens (tertiary/aromatic N) is 5. The Bertz CT molecular complexity index is 719. The molecule has 0 aliphatic rings. The van der Waals surface area contributed by atoms with E-state index in [-0.39, 0.29) is 12.5 Å². The molecule has 0 saturated heterocycles. The zero-order valence-corrected chi connectivity index (χ0v) is 15.7. The molecule has 0 fully saturated rings. The van der Waals surface area contributed by atoms with E-state index in [4.69, 9.17) is 0 Å². The predicted molar refractivity (Wildman–Crippen MR) is 95.5 cm³/mol. The summed E-state index contributed by atoms with van der Waals surface area (Å²) in [5.41, 5.74) is 1.80. The molecule has 10 heteroatoms. The average Bonchev–Trinajstić information content (AvgIpc) is 3.17. The Kier molecular flexibility index (Phi) is 6.87. The van der Waals surface area contributed by atoms with Gasteiger partial charge in [0.2, 0.25) is 0 Å². The van der Waals surface area contributed by atoms with E-state index in [1.165, 1.54) is 16.7 Å². The lowest BCUT2D eigenvalue weighted by atomic mass is 10.4. The number of aliphatic imine (C=N–C) groups is 1. The van der Waals surface area contributed by atoms with Gasteiger partial charge in [0, 0.05) is 24.9 Å². The van der Waals surface area contributed by atoms with Crippen molar-refractivity contribution in [3.63, 3.8) is 0 Å². The van der Waals surface area contributed by atoms with Crippen molar-refractivity contribution in [2.24, 2.45) is 4.99 Å². The third-order valence-corrected chi connectivity index (χ3v) is 4.60. The molecule has 0 aliphatic carbocycles. The molecule has 0 spiro atoms. The second-order valence-electron chi connectivity index (χ2n) is 5.34. The lowest BCUT2D eigenvalue weighted by Gasteiger charge is -2.09. The van der Waals surface area contributed by atoms with Crippen LogP contribution in [0.15, 0.2) is 11.2 Å². The lowest BCUT2D eigenvalue weighted by molar-refractivity contribution is -0.141. The molecule has 136 valence electrons. The second-order valence-corrected chi connectivity index (χ2v) is 6.62. The van der Waals surface area contributed by atoms with Gasteiger partial charge in [0.05, 0.1) is 30.6 Å². The molecule has 0 atom stereocenters. The van der Waals surface area contributed by atoms with E-state index < -0.39 is 0 Å². The van der Waals surface area contributed by atoms with Gasteiger partial charge in [-0.2, -0.15) is 0 Å². The number of thiazole rings is 1. The van der Waals surface area contributed by atoms with Crippen molar-refractivity contribution in [2.45, 2.75) is 33.4 Å². The molecule has 2 heterocycles. The van der Waals surface area contributed by atoms with Crippen LogP contribution in [0.4, 0.5) is 0 Å². The number of aromatic nitrogens is 4. The SMILES string of the molecule is CN=C(NCCc1nc(C)c(C)s1)NCc1cn(CC(=O)OC)nn1. The minimum atomic E-state index is -0.366. The number of rotatable bonds is 7. The zero-order chi connectivity index (χ0) is 18.2. The van der Waals surface area contributed by atoms with Gasteiger partial charge in [-0.1, -0.05) is 5.21 Å². The number of hydrogen-bond donors (Lipinski definition) is 2. The smallest absolute Gasteiger partial charge is 0.327 e. The first-order valence-electron chi connectivity index (χ1n) is 7.85. The van der Waals surface area contributed by atoms with Crippen molar-refractivity contribution < 1.29 is 9.53 Å². The van der Waals surface area contributed by atoms with Crippen molar-refractivity contribution in [1.29, 1.82) is 0 Å². The maximum absolute atomic E-state index is 11.2. The Morgan fingerprint density at radius 1 is 1.40 bits per heavy atom.